The third-order valence-corrected chi connectivity index (χ3v) is 6.94. The van der Waals surface area contributed by atoms with E-state index in [9.17, 15) is 10.1 Å². The molecule has 1 fully saturated rings. The summed E-state index contributed by atoms with van der Waals surface area (Å²) >= 11 is 8.03. The predicted octanol–water partition coefficient (Wildman–Crippen LogP) is 3.85. The number of halogens is 1. The van der Waals surface area contributed by atoms with Crippen LogP contribution in [0.15, 0.2) is 42.7 Å². The van der Waals surface area contributed by atoms with Crippen molar-refractivity contribution < 1.29 is 4.79 Å². The monoisotopic (exact) mass is 398 g/mol. The second-order valence-electron chi connectivity index (χ2n) is 6.93. The standard InChI is InChI=1S/C20H19ClN4OS/c21-17-4-2-1-3-16(17)20(13-22)5-7-25(8-6-20)19(26)14-9-18(27-12-14)15-10-23-24-11-15/h1-4,9-11,14H,5-8,12H2,(H,23,24). The van der Waals surface area contributed by atoms with Gasteiger partial charge in [-0.2, -0.15) is 10.4 Å². The smallest absolute Gasteiger partial charge is 0.230 e. The van der Waals surface area contributed by atoms with E-state index in [1.165, 1.54) is 0 Å². The number of nitrogens with one attached hydrogen (secondary N) is 1. The number of H-pyrrole nitrogens is 1. The van der Waals surface area contributed by atoms with Crippen LogP contribution in [0.1, 0.15) is 24.0 Å². The second-order valence-corrected chi connectivity index (χ2v) is 8.40. The Morgan fingerprint density at radius 2 is 2.15 bits per heavy atom. The number of benzene rings is 1. The van der Waals surface area contributed by atoms with Crippen LogP contribution in [-0.4, -0.2) is 39.8 Å². The van der Waals surface area contributed by atoms with Gasteiger partial charge in [0.25, 0.3) is 0 Å². The zero-order chi connectivity index (χ0) is 18.9. The van der Waals surface area contributed by atoms with E-state index in [4.69, 9.17) is 11.6 Å². The number of carbonyl (C=O) groups is 1. The molecule has 1 atom stereocenters. The molecule has 1 saturated heterocycles. The van der Waals surface area contributed by atoms with Crippen molar-refractivity contribution in [2.45, 2.75) is 18.3 Å². The lowest BCUT2D eigenvalue weighted by molar-refractivity contribution is -0.134. The lowest BCUT2D eigenvalue weighted by Crippen LogP contribution is -2.46. The highest BCUT2D eigenvalue weighted by Crippen LogP contribution is 2.41. The summed E-state index contributed by atoms with van der Waals surface area (Å²) in [4.78, 5) is 15.9. The Bertz CT molecular complexity index is 910. The van der Waals surface area contributed by atoms with Gasteiger partial charge in [-0.1, -0.05) is 35.9 Å². The average molecular weight is 399 g/mol. The molecule has 4 rings (SSSR count). The maximum Gasteiger partial charge on any atom is 0.230 e. The van der Waals surface area contributed by atoms with Gasteiger partial charge >= 0.3 is 0 Å². The highest BCUT2D eigenvalue weighted by atomic mass is 35.5. The molecule has 7 heteroatoms. The zero-order valence-electron chi connectivity index (χ0n) is 14.7. The summed E-state index contributed by atoms with van der Waals surface area (Å²) in [6.07, 6.45) is 6.88. The molecule has 1 unspecified atom stereocenters. The average Bonchev–Trinajstić information content (AvgIpc) is 3.39. The maximum atomic E-state index is 13.0. The van der Waals surface area contributed by atoms with E-state index < -0.39 is 5.41 Å². The molecule has 1 N–H and O–H groups in total. The zero-order valence-corrected chi connectivity index (χ0v) is 16.3. The van der Waals surface area contributed by atoms with E-state index in [2.05, 4.69) is 16.3 Å². The molecule has 27 heavy (non-hydrogen) atoms. The van der Waals surface area contributed by atoms with Crippen molar-refractivity contribution in [3.63, 3.8) is 0 Å². The first-order valence-corrected chi connectivity index (χ1v) is 10.3. The minimum Gasteiger partial charge on any atom is -0.342 e. The predicted molar refractivity (Wildman–Crippen MR) is 107 cm³/mol. The molecule has 0 radical (unpaired) electrons. The van der Waals surface area contributed by atoms with E-state index >= 15 is 0 Å². The topological polar surface area (TPSA) is 72.8 Å². The number of amides is 1. The van der Waals surface area contributed by atoms with Gasteiger partial charge in [0.2, 0.25) is 5.91 Å². The molecule has 138 valence electrons. The van der Waals surface area contributed by atoms with Crippen molar-refractivity contribution in [3.8, 4) is 6.07 Å². The summed E-state index contributed by atoms with van der Waals surface area (Å²) < 4.78 is 0. The van der Waals surface area contributed by atoms with E-state index in [0.29, 0.717) is 31.0 Å². The van der Waals surface area contributed by atoms with Crippen LogP contribution in [0, 0.1) is 17.2 Å². The molecule has 2 aliphatic heterocycles. The van der Waals surface area contributed by atoms with Gasteiger partial charge in [-0.3, -0.25) is 9.89 Å². The fourth-order valence-electron chi connectivity index (χ4n) is 3.80. The van der Waals surface area contributed by atoms with Crippen LogP contribution in [0.2, 0.25) is 5.02 Å². The quantitative estimate of drug-likeness (QED) is 0.852. The molecule has 3 heterocycles. The lowest BCUT2D eigenvalue weighted by atomic mass is 9.74. The number of nitriles is 1. The highest BCUT2D eigenvalue weighted by Gasteiger charge is 2.40. The maximum absolute atomic E-state index is 13.0. The summed E-state index contributed by atoms with van der Waals surface area (Å²) in [6.45, 7) is 1.15. The second kappa shape index (κ2) is 7.41. The number of hydrogen-bond donors (Lipinski definition) is 1. The molecule has 0 spiro atoms. The number of aromatic nitrogens is 2. The molecule has 0 aliphatic carbocycles. The third-order valence-electron chi connectivity index (χ3n) is 5.40. The molecule has 2 aromatic rings. The van der Waals surface area contributed by atoms with Crippen molar-refractivity contribution in [3.05, 3.63) is 58.9 Å². The fourth-order valence-corrected chi connectivity index (χ4v) is 5.25. The van der Waals surface area contributed by atoms with Crippen molar-refractivity contribution in [2.75, 3.05) is 18.8 Å². The molecule has 1 aromatic heterocycles. The molecule has 1 aromatic carbocycles. The van der Waals surface area contributed by atoms with Gasteiger partial charge in [0.15, 0.2) is 0 Å². The van der Waals surface area contributed by atoms with Crippen molar-refractivity contribution >= 4 is 34.2 Å². The van der Waals surface area contributed by atoms with Gasteiger partial charge in [0, 0.05) is 40.5 Å². The Balaban J connectivity index is 1.46. The van der Waals surface area contributed by atoms with Gasteiger partial charge < -0.3 is 4.90 Å². The Kier molecular flexibility index (Phi) is 4.98. The molecule has 5 nitrogen and oxygen atoms in total. The number of piperidine rings is 1. The van der Waals surface area contributed by atoms with Gasteiger partial charge in [-0.05, 0) is 24.5 Å². The first kappa shape index (κ1) is 18.1. The van der Waals surface area contributed by atoms with Gasteiger partial charge in [-0.25, -0.2) is 0 Å². The van der Waals surface area contributed by atoms with Crippen LogP contribution in [-0.2, 0) is 10.2 Å². The number of nitrogens with zero attached hydrogens (tertiary/aromatic N) is 3. The van der Waals surface area contributed by atoms with Crippen LogP contribution in [0.5, 0.6) is 0 Å². The number of thioether (sulfide) groups is 1. The lowest BCUT2D eigenvalue weighted by Gasteiger charge is -2.38. The Hall–Kier alpha value is -2.23. The molecule has 1 amide bonds. The Morgan fingerprint density at radius 3 is 2.81 bits per heavy atom. The van der Waals surface area contributed by atoms with E-state index in [1.807, 2.05) is 41.4 Å². The SMILES string of the molecule is N#CC1(c2ccccc2Cl)CCN(C(=O)C2C=C(c3cn[nH]c3)SC2)CC1. The first-order chi connectivity index (χ1) is 13.1. The van der Waals surface area contributed by atoms with Crippen molar-refractivity contribution in [1.29, 1.82) is 5.26 Å². The number of aromatic amines is 1. The molecular formula is C20H19ClN4OS. The van der Waals surface area contributed by atoms with Crippen molar-refractivity contribution in [1.82, 2.24) is 15.1 Å². The number of carbonyl (C=O) groups excluding carboxylic acids is 1. The number of rotatable bonds is 3. The largest absolute Gasteiger partial charge is 0.342 e. The molecular weight excluding hydrogens is 380 g/mol. The van der Waals surface area contributed by atoms with Crippen LogP contribution in [0.3, 0.4) is 0 Å². The van der Waals surface area contributed by atoms with E-state index in [-0.39, 0.29) is 11.8 Å². The summed E-state index contributed by atoms with van der Waals surface area (Å²) in [5, 5.41) is 17.3. The van der Waals surface area contributed by atoms with Crippen LogP contribution < -0.4 is 0 Å². The third kappa shape index (κ3) is 3.38. The summed E-state index contributed by atoms with van der Waals surface area (Å²) in [5.74, 6) is 0.783. The molecule has 2 aliphatic rings. The Morgan fingerprint density at radius 1 is 1.37 bits per heavy atom. The summed E-state index contributed by atoms with van der Waals surface area (Å²) in [7, 11) is 0. The molecule has 0 saturated carbocycles. The minimum absolute atomic E-state index is 0.116. The van der Waals surface area contributed by atoms with Crippen LogP contribution in [0.25, 0.3) is 4.91 Å². The van der Waals surface area contributed by atoms with Gasteiger partial charge in [-0.15, -0.1) is 11.8 Å². The van der Waals surface area contributed by atoms with Gasteiger partial charge in [0.05, 0.1) is 23.6 Å². The number of likely N-dealkylation sites (tertiary alicyclic amines) is 1. The van der Waals surface area contributed by atoms with E-state index in [0.717, 1.165) is 21.8 Å². The summed E-state index contributed by atoms with van der Waals surface area (Å²) in [5.41, 5.74) is 1.29. The van der Waals surface area contributed by atoms with Crippen LogP contribution >= 0.6 is 23.4 Å². The Labute approximate surface area is 167 Å². The first-order valence-electron chi connectivity index (χ1n) is 8.92. The minimum atomic E-state index is -0.614. The summed E-state index contributed by atoms with van der Waals surface area (Å²) in [6, 6.07) is 10.0. The van der Waals surface area contributed by atoms with Gasteiger partial charge in [0.1, 0.15) is 0 Å². The van der Waals surface area contributed by atoms with E-state index in [1.54, 1.807) is 18.0 Å². The molecule has 0 bridgehead atoms. The number of hydrogen-bond acceptors (Lipinski definition) is 4. The normalized spacial score (nSPS) is 21.6. The fraction of sp³-hybridized carbons (Fsp3) is 0.350. The van der Waals surface area contributed by atoms with Crippen LogP contribution in [0.4, 0.5) is 0 Å². The highest BCUT2D eigenvalue weighted by molar-refractivity contribution is 8.08. The van der Waals surface area contributed by atoms with Crippen molar-refractivity contribution in [2.24, 2.45) is 5.92 Å².